The summed E-state index contributed by atoms with van der Waals surface area (Å²) in [5.41, 5.74) is 5.46. The zero-order valence-corrected chi connectivity index (χ0v) is 7.14. The summed E-state index contributed by atoms with van der Waals surface area (Å²) in [6.07, 6.45) is 5.26. The third-order valence-electron chi connectivity index (χ3n) is 1.46. The highest BCUT2D eigenvalue weighted by atomic mass is 32.1. The number of nitrogens with one attached hydrogen (secondary N) is 1. The average Bonchev–Trinajstić information content (AvgIpc) is 2.75. The largest absolute Gasteiger partial charge is 0.343 e. The number of rotatable bonds is 2. The van der Waals surface area contributed by atoms with Crippen LogP contribution in [-0.2, 0) is 6.54 Å². The molecule has 0 amide bonds. The Morgan fingerprint density at radius 1 is 1.50 bits per heavy atom. The molecule has 2 aromatic rings. The molecule has 0 radical (unpaired) electrons. The van der Waals surface area contributed by atoms with Gasteiger partial charge in [-0.25, -0.2) is 9.97 Å². The molecule has 0 bridgehead atoms. The van der Waals surface area contributed by atoms with Gasteiger partial charge in [-0.1, -0.05) is 0 Å². The maximum absolute atomic E-state index is 5.46. The van der Waals surface area contributed by atoms with Crippen LogP contribution in [0.3, 0.4) is 0 Å². The first-order valence-corrected chi connectivity index (χ1v) is 4.36. The van der Waals surface area contributed by atoms with Gasteiger partial charge in [0.15, 0.2) is 10.8 Å². The number of imidazole rings is 1. The normalized spacial score (nSPS) is 10.4. The number of hydrogen-bond donors (Lipinski definition) is 2. The number of thiazole rings is 1. The minimum atomic E-state index is 0.540. The maximum Gasteiger partial charge on any atom is 0.166 e. The molecule has 0 saturated carbocycles. The molecular formula is C7H8N4S. The topological polar surface area (TPSA) is 67.6 Å². The Balaban J connectivity index is 2.35. The number of hydrogen-bond acceptors (Lipinski definition) is 4. The first kappa shape index (κ1) is 7.45. The van der Waals surface area contributed by atoms with E-state index in [0.29, 0.717) is 6.54 Å². The second kappa shape index (κ2) is 3.04. The Hall–Kier alpha value is -1.20. The molecule has 5 heteroatoms. The van der Waals surface area contributed by atoms with Crippen LogP contribution < -0.4 is 5.73 Å². The molecule has 0 saturated heterocycles. The van der Waals surface area contributed by atoms with E-state index in [1.807, 2.05) is 0 Å². The van der Waals surface area contributed by atoms with Crippen LogP contribution in [0.25, 0.3) is 10.8 Å². The number of nitrogens with two attached hydrogens (primary N) is 1. The summed E-state index contributed by atoms with van der Waals surface area (Å²) in [6.45, 7) is 0.540. The third kappa shape index (κ3) is 1.24. The third-order valence-corrected chi connectivity index (χ3v) is 2.48. The van der Waals surface area contributed by atoms with Crippen LogP contribution in [0.4, 0.5) is 0 Å². The Morgan fingerprint density at radius 2 is 2.42 bits per heavy atom. The highest BCUT2D eigenvalue weighted by molar-refractivity contribution is 7.14. The van der Waals surface area contributed by atoms with Gasteiger partial charge < -0.3 is 10.7 Å². The number of nitrogens with zero attached hydrogens (tertiary/aromatic N) is 2. The minimum absolute atomic E-state index is 0.540. The van der Waals surface area contributed by atoms with E-state index < -0.39 is 0 Å². The summed E-state index contributed by atoms with van der Waals surface area (Å²) in [7, 11) is 0. The van der Waals surface area contributed by atoms with Gasteiger partial charge in [0.1, 0.15) is 0 Å². The van der Waals surface area contributed by atoms with Gasteiger partial charge >= 0.3 is 0 Å². The Kier molecular flexibility index (Phi) is 1.89. The fourth-order valence-electron chi connectivity index (χ4n) is 0.894. The molecule has 2 aromatic heterocycles. The first-order valence-electron chi connectivity index (χ1n) is 3.54. The molecule has 2 rings (SSSR count). The lowest BCUT2D eigenvalue weighted by Gasteiger charge is -1.85. The van der Waals surface area contributed by atoms with Crippen molar-refractivity contribution < 1.29 is 0 Å². The van der Waals surface area contributed by atoms with Crippen molar-refractivity contribution in [2.45, 2.75) is 6.54 Å². The molecule has 12 heavy (non-hydrogen) atoms. The molecule has 2 heterocycles. The minimum Gasteiger partial charge on any atom is -0.343 e. The van der Waals surface area contributed by atoms with Gasteiger partial charge in [-0.3, -0.25) is 0 Å². The lowest BCUT2D eigenvalue weighted by atomic mass is 10.6. The average molecular weight is 180 g/mol. The fraction of sp³-hybridized carbons (Fsp3) is 0.143. The number of aromatic nitrogens is 3. The quantitative estimate of drug-likeness (QED) is 0.724. The standard InChI is InChI=1S/C7H8N4S/c8-3-5-4-11-7(12-5)6-9-1-2-10-6/h1-2,4H,3,8H2,(H,9,10). The molecule has 0 fully saturated rings. The van der Waals surface area contributed by atoms with E-state index in [-0.39, 0.29) is 0 Å². The summed E-state index contributed by atoms with van der Waals surface area (Å²) in [5.74, 6) is 0.805. The van der Waals surface area contributed by atoms with Gasteiger partial charge in [-0.2, -0.15) is 0 Å². The predicted octanol–water partition coefficient (Wildman–Crippen LogP) is 0.992. The van der Waals surface area contributed by atoms with Gasteiger partial charge in [0, 0.05) is 30.0 Å². The molecule has 62 valence electrons. The zero-order valence-electron chi connectivity index (χ0n) is 6.32. The molecule has 0 spiro atoms. The van der Waals surface area contributed by atoms with Gasteiger partial charge in [0.25, 0.3) is 0 Å². The molecule has 0 unspecified atom stereocenters. The lowest BCUT2D eigenvalue weighted by molar-refractivity contribution is 1.10. The van der Waals surface area contributed by atoms with Gasteiger partial charge in [-0.05, 0) is 0 Å². The molecular weight excluding hydrogens is 172 g/mol. The summed E-state index contributed by atoms with van der Waals surface area (Å²) >= 11 is 1.56. The molecule has 0 aromatic carbocycles. The van der Waals surface area contributed by atoms with Crippen molar-refractivity contribution >= 4 is 11.3 Å². The van der Waals surface area contributed by atoms with Crippen molar-refractivity contribution in [2.75, 3.05) is 0 Å². The van der Waals surface area contributed by atoms with Crippen LogP contribution in [0.2, 0.25) is 0 Å². The molecule has 0 aliphatic heterocycles. The van der Waals surface area contributed by atoms with Crippen molar-refractivity contribution in [3.8, 4) is 10.8 Å². The highest BCUT2D eigenvalue weighted by Crippen LogP contribution is 2.20. The van der Waals surface area contributed by atoms with Crippen LogP contribution >= 0.6 is 11.3 Å². The summed E-state index contributed by atoms with van der Waals surface area (Å²) in [6, 6.07) is 0. The SMILES string of the molecule is NCc1cnc(-c2ncc[nH]2)s1. The van der Waals surface area contributed by atoms with E-state index in [2.05, 4.69) is 15.0 Å². The van der Waals surface area contributed by atoms with E-state index in [0.717, 1.165) is 15.7 Å². The second-order valence-electron chi connectivity index (χ2n) is 2.27. The van der Waals surface area contributed by atoms with E-state index in [9.17, 15) is 0 Å². The summed E-state index contributed by atoms with van der Waals surface area (Å²) in [5, 5.41) is 0.889. The van der Waals surface area contributed by atoms with Crippen LogP contribution in [-0.4, -0.2) is 15.0 Å². The van der Waals surface area contributed by atoms with E-state index >= 15 is 0 Å². The fourth-order valence-corrected chi connectivity index (χ4v) is 1.64. The maximum atomic E-state index is 5.46. The highest BCUT2D eigenvalue weighted by Gasteiger charge is 2.04. The number of aromatic amines is 1. The van der Waals surface area contributed by atoms with Gasteiger partial charge in [0.2, 0.25) is 0 Å². The van der Waals surface area contributed by atoms with E-state index in [1.54, 1.807) is 29.9 Å². The lowest BCUT2D eigenvalue weighted by Crippen LogP contribution is -1.91. The van der Waals surface area contributed by atoms with Crippen LogP contribution in [0, 0.1) is 0 Å². The summed E-state index contributed by atoms with van der Waals surface area (Å²) in [4.78, 5) is 12.3. The number of H-pyrrole nitrogens is 1. The van der Waals surface area contributed by atoms with Gasteiger partial charge in [0.05, 0.1) is 0 Å². The monoisotopic (exact) mass is 180 g/mol. The zero-order chi connectivity index (χ0) is 8.39. The van der Waals surface area contributed by atoms with Crippen molar-refractivity contribution in [1.82, 2.24) is 15.0 Å². The molecule has 0 atom stereocenters. The van der Waals surface area contributed by atoms with Crippen molar-refractivity contribution in [3.05, 3.63) is 23.5 Å². The smallest absolute Gasteiger partial charge is 0.166 e. The first-order chi connectivity index (χ1) is 5.90. The predicted molar refractivity (Wildman–Crippen MR) is 47.6 cm³/mol. The molecule has 0 aliphatic rings. The van der Waals surface area contributed by atoms with Gasteiger partial charge in [-0.15, -0.1) is 11.3 Å². The van der Waals surface area contributed by atoms with Crippen LogP contribution in [0.5, 0.6) is 0 Å². The molecule has 0 aliphatic carbocycles. The van der Waals surface area contributed by atoms with Crippen LogP contribution in [0.15, 0.2) is 18.6 Å². The summed E-state index contributed by atoms with van der Waals surface area (Å²) < 4.78 is 0. The Morgan fingerprint density at radius 3 is 3.00 bits per heavy atom. The Bertz CT molecular complexity index is 351. The molecule has 3 N–H and O–H groups in total. The van der Waals surface area contributed by atoms with Crippen LogP contribution in [0.1, 0.15) is 4.88 Å². The van der Waals surface area contributed by atoms with E-state index in [1.165, 1.54) is 0 Å². The second-order valence-corrected chi connectivity index (χ2v) is 3.39. The molecule has 4 nitrogen and oxygen atoms in total. The van der Waals surface area contributed by atoms with Crippen molar-refractivity contribution in [2.24, 2.45) is 5.73 Å². The van der Waals surface area contributed by atoms with Crippen molar-refractivity contribution in [1.29, 1.82) is 0 Å². The Labute approximate surface area is 73.5 Å². The van der Waals surface area contributed by atoms with E-state index in [4.69, 9.17) is 5.73 Å². The van der Waals surface area contributed by atoms with Crippen molar-refractivity contribution in [3.63, 3.8) is 0 Å².